The molecule has 0 heterocycles. The molecular formula is C16H32N2. The maximum atomic E-state index is 6.00. The summed E-state index contributed by atoms with van der Waals surface area (Å²) in [7, 11) is 0. The molecular weight excluding hydrogens is 220 g/mol. The first-order valence-electron chi connectivity index (χ1n) is 8.13. The van der Waals surface area contributed by atoms with Crippen molar-refractivity contribution in [3.63, 3.8) is 0 Å². The number of hydrogen-bond acceptors (Lipinski definition) is 2. The SMILES string of the molecule is CCCCCC(C)(CN)NCC(C1CC1)C1CC1. The van der Waals surface area contributed by atoms with E-state index < -0.39 is 0 Å². The van der Waals surface area contributed by atoms with Crippen LogP contribution in [-0.4, -0.2) is 18.6 Å². The average Bonchev–Trinajstić information content (AvgIpc) is 3.23. The molecule has 0 bridgehead atoms. The molecule has 0 saturated heterocycles. The summed E-state index contributed by atoms with van der Waals surface area (Å²) < 4.78 is 0. The minimum Gasteiger partial charge on any atom is -0.329 e. The van der Waals surface area contributed by atoms with E-state index in [0.29, 0.717) is 0 Å². The van der Waals surface area contributed by atoms with Gasteiger partial charge in [0.1, 0.15) is 0 Å². The van der Waals surface area contributed by atoms with Crippen molar-refractivity contribution in [2.45, 2.75) is 70.8 Å². The van der Waals surface area contributed by atoms with Gasteiger partial charge in [-0.2, -0.15) is 0 Å². The van der Waals surface area contributed by atoms with E-state index in [1.165, 1.54) is 57.9 Å². The lowest BCUT2D eigenvalue weighted by atomic mass is 9.91. The predicted molar refractivity (Wildman–Crippen MR) is 78.5 cm³/mol. The smallest absolute Gasteiger partial charge is 0.0275 e. The van der Waals surface area contributed by atoms with E-state index in [4.69, 9.17) is 5.73 Å². The van der Waals surface area contributed by atoms with E-state index >= 15 is 0 Å². The molecule has 0 amide bonds. The van der Waals surface area contributed by atoms with Gasteiger partial charge < -0.3 is 11.1 Å². The van der Waals surface area contributed by atoms with Gasteiger partial charge >= 0.3 is 0 Å². The Bertz CT molecular complexity index is 233. The molecule has 0 aliphatic heterocycles. The molecule has 106 valence electrons. The van der Waals surface area contributed by atoms with E-state index in [1.807, 2.05) is 0 Å². The van der Waals surface area contributed by atoms with Crippen molar-refractivity contribution in [2.24, 2.45) is 23.5 Å². The molecule has 2 aliphatic rings. The minimum absolute atomic E-state index is 0.178. The van der Waals surface area contributed by atoms with Crippen LogP contribution < -0.4 is 11.1 Å². The topological polar surface area (TPSA) is 38.0 Å². The summed E-state index contributed by atoms with van der Waals surface area (Å²) in [4.78, 5) is 0. The fourth-order valence-electron chi connectivity index (χ4n) is 3.16. The van der Waals surface area contributed by atoms with Gasteiger partial charge in [-0.3, -0.25) is 0 Å². The quantitative estimate of drug-likeness (QED) is 0.585. The Morgan fingerprint density at radius 2 is 1.78 bits per heavy atom. The third-order valence-corrected chi connectivity index (χ3v) is 5.00. The van der Waals surface area contributed by atoms with Crippen molar-refractivity contribution in [2.75, 3.05) is 13.1 Å². The normalized spacial score (nSPS) is 23.3. The van der Waals surface area contributed by atoms with Crippen molar-refractivity contribution < 1.29 is 0 Å². The van der Waals surface area contributed by atoms with Gasteiger partial charge in [-0.15, -0.1) is 0 Å². The molecule has 0 spiro atoms. The molecule has 2 aliphatic carbocycles. The van der Waals surface area contributed by atoms with Crippen LogP contribution in [0.1, 0.15) is 65.2 Å². The van der Waals surface area contributed by atoms with Gasteiger partial charge in [-0.25, -0.2) is 0 Å². The van der Waals surface area contributed by atoms with Crippen LogP contribution in [0, 0.1) is 17.8 Å². The molecule has 0 radical (unpaired) electrons. The van der Waals surface area contributed by atoms with E-state index in [2.05, 4.69) is 19.2 Å². The summed E-state index contributed by atoms with van der Waals surface area (Å²) in [6.07, 6.45) is 11.1. The lowest BCUT2D eigenvalue weighted by Crippen LogP contribution is -2.50. The third kappa shape index (κ3) is 4.24. The highest BCUT2D eigenvalue weighted by molar-refractivity contribution is 4.94. The molecule has 0 aromatic heterocycles. The summed E-state index contributed by atoms with van der Waals surface area (Å²) in [5.41, 5.74) is 6.17. The molecule has 2 nitrogen and oxygen atoms in total. The maximum absolute atomic E-state index is 6.00. The standard InChI is InChI=1S/C16H32N2/c1-3-4-5-10-16(2,12-17)18-11-15(13-6-7-13)14-8-9-14/h13-15,18H,3-12,17H2,1-2H3. The highest BCUT2D eigenvalue weighted by Gasteiger charge is 2.41. The Morgan fingerprint density at radius 3 is 2.22 bits per heavy atom. The van der Waals surface area contributed by atoms with E-state index in [9.17, 15) is 0 Å². The molecule has 2 rings (SSSR count). The minimum atomic E-state index is 0.178. The first-order chi connectivity index (χ1) is 8.68. The summed E-state index contributed by atoms with van der Waals surface area (Å²) >= 11 is 0. The van der Waals surface area contributed by atoms with Crippen LogP contribution in [0.2, 0.25) is 0 Å². The fourth-order valence-corrected chi connectivity index (χ4v) is 3.16. The number of hydrogen-bond donors (Lipinski definition) is 2. The van der Waals surface area contributed by atoms with Crippen LogP contribution in [0.15, 0.2) is 0 Å². The van der Waals surface area contributed by atoms with Crippen molar-refractivity contribution in [1.29, 1.82) is 0 Å². The van der Waals surface area contributed by atoms with Crippen LogP contribution in [0.5, 0.6) is 0 Å². The van der Waals surface area contributed by atoms with Gasteiger partial charge in [0.2, 0.25) is 0 Å². The average molecular weight is 252 g/mol. The van der Waals surface area contributed by atoms with Gasteiger partial charge in [-0.1, -0.05) is 26.2 Å². The Kier molecular flexibility index (Phi) is 5.08. The maximum Gasteiger partial charge on any atom is 0.0275 e. The fraction of sp³-hybridized carbons (Fsp3) is 1.00. The van der Waals surface area contributed by atoms with Crippen LogP contribution in [0.25, 0.3) is 0 Å². The van der Waals surface area contributed by atoms with E-state index in [-0.39, 0.29) is 5.54 Å². The monoisotopic (exact) mass is 252 g/mol. The third-order valence-electron chi connectivity index (χ3n) is 5.00. The predicted octanol–water partition coefficient (Wildman–Crippen LogP) is 3.31. The number of nitrogens with two attached hydrogens (primary N) is 1. The highest BCUT2D eigenvalue weighted by atomic mass is 15.0. The summed E-state index contributed by atoms with van der Waals surface area (Å²) in [6, 6.07) is 0. The molecule has 0 aromatic carbocycles. The summed E-state index contributed by atoms with van der Waals surface area (Å²) in [5.74, 6) is 3.05. The van der Waals surface area contributed by atoms with Crippen LogP contribution >= 0.6 is 0 Å². The van der Waals surface area contributed by atoms with Gasteiger partial charge in [0.25, 0.3) is 0 Å². The highest BCUT2D eigenvalue weighted by Crippen LogP contribution is 2.49. The van der Waals surface area contributed by atoms with Crippen molar-refractivity contribution >= 4 is 0 Å². The molecule has 2 fully saturated rings. The zero-order valence-corrected chi connectivity index (χ0v) is 12.4. The van der Waals surface area contributed by atoms with Crippen molar-refractivity contribution in [1.82, 2.24) is 5.32 Å². The van der Waals surface area contributed by atoms with Crippen molar-refractivity contribution in [3.8, 4) is 0 Å². The summed E-state index contributed by atoms with van der Waals surface area (Å²) in [5, 5.41) is 3.82. The molecule has 18 heavy (non-hydrogen) atoms. The number of nitrogens with one attached hydrogen (secondary N) is 1. The Morgan fingerprint density at radius 1 is 1.17 bits per heavy atom. The molecule has 0 aromatic rings. The molecule has 2 heteroatoms. The van der Waals surface area contributed by atoms with E-state index in [1.54, 1.807) is 0 Å². The van der Waals surface area contributed by atoms with Crippen LogP contribution in [0.3, 0.4) is 0 Å². The largest absolute Gasteiger partial charge is 0.329 e. The van der Waals surface area contributed by atoms with Gasteiger partial charge in [-0.05, 0) is 63.3 Å². The Labute approximate surface area is 113 Å². The first-order valence-corrected chi connectivity index (χ1v) is 8.13. The first kappa shape index (κ1) is 14.3. The molecule has 1 atom stereocenters. The number of unbranched alkanes of at least 4 members (excludes halogenated alkanes) is 2. The summed E-state index contributed by atoms with van der Waals surface area (Å²) in [6.45, 7) is 6.58. The van der Waals surface area contributed by atoms with Crippen LogP contribution in [0.4, 0.5) is 0 Å². The lowest BCUT2D eigenvalue weighted by molar-refractivity contribution is 0.277. The molecule has 1 unspecified atom stereocenters. The van der Waals surface area contributed by atoms with Gasteiger partial charge in [0.05, 0.1) is 0 Å². The Balaban J connectivity index is 1.73. The molecule has 2 saturated carbocycles. The Hall–Kier alpha value is -0.0800. The lowest BCUT2D eigenvalue weighted by Gasteiger charge is -2.32. The van der Waals surface area contributed by atoms with Gasteiger partial charge in [0.15, 0.2) is 0 Å². The second-order valence-electron chi connectivity index (χ2n) is 6.94. The van der Waals surface area contributed by atoms with Gasteiger partial charge in [0, 0.05) is 12.1 Å². The second kappa shape index (κ2) is 6.38. The van der Waals surface area contributed by atoms with Crippen LogP contribution in [-0.2, 0) is 0 Å². The van der Waals surface area contributed by atoms with E-state index in [0.717, 1.165) is 24.3 Å². The second-order valence-corrected chi connectivity index (χ2v) is 6.94. The zero-order valence-electron chi connectivity index (χ0n) is 12.4. The van der Waals surface area contributed by atoms with Crippen molar-refractivity contribution in [3.05, 3.63) is 0 Å². The number of rotatable bonds is 10. The molecule has 3 N–H and O–H groups in total. The zero-order chi connectivity index (χ0) is 13.0.